The van der Waals surface area contributed by atoms with Gasteiger partial charge in [-0.05, 0) is 53.6 Å². The van der Waals surface area contributed by atoms with Crippen LogP contribution in [0.4, 0.5) is 5.69 Å². The smallest absolute Gasteiger partial charge is 0.139 e. The Morgan fingerprint density at radius 2 is 1.52 bits per heavy atom. The summed E-state index contributed by atoms with van der Waals surface area (Å²) in [5, 5.41) is 3.70. The van der Waals surface area contributed by atoms with Gasteiger partial charge in [0, 0.05) is 11.7 Å². The minimum atomic E-state index is -0.267. The predicted octanol–water partition coefficient (Wildman–Crippen LogP) is 6.93. The Labute approximate surface area is 198 Å². The number of likely N-dealkylation sites (tertiary alicyclic amines) is 1. The molecule has 1 fully saturated rings. The van der Waals surface area contributed by atoms with E-state index < -0.39 is 0 Å². The van der Waals surface area contributed by atoms with Crippen LogP contribution in [0.5, 0.6) is 0 Å². The Hall–Kier alpha value is -2.91. The van der Waals surface area contributed by atoms with Gasteiger partial charge in [-0.3, -0.25) is 4.90 Å². The molecule has 0 aromatic heterocycles. The number of carbonyl (C=O) groups is 1. The number of piperidine rings is 1. The highest BCUT2D eigenvalue weighted by Gasteiger charge is 2.35. The topological polar surface area (TPSA) is 32.3 Å². The van der Waals surface area contributed by atoms with Crippen LogP contribution >= 0.6 is 0 Å². The van der Waals surface area contributed by atoms with E-state index in [4.69, 9.17) is 0 Å². The third-order valence-corrected chi connectivity index (χ3v) is 6.82. The minimum Gasteiger partial charge on any atom is -0.376 e. The maximum Gasteiger partial charge on any atom is 0.139 e. The largest absolute Gasteiger partial charge is 0.376 e. The van der Waals surface area contributed by atoms with Crippen LogP contribution in [0.3, 0.4) is 0 Å². The van der Waals surface area contributed by atoms with E-state index in [2.05, 4.69) is 97.7 Å². The molecule has 1 aliphatic rings. The SMILES string of the molecule is CC(C)(C)c1ccc(C(Nc2ccccc2)C(C=O)N2CCCCC2c2ccccc2)cc1. The van der Waals surface area contributed by atoms with Crippen LogP contribution in [0.15, 0.2) is 84.9 Å². The quantitative estimate of drug-likeness (QED) is 0.404. The second-order valence-electron chi connectivity index (χ2n) is 10.1. The number of hydrogen-bond acceptors (Lipinski definition) is 3. The van der Waals surface area contributed by atoms with Crippen molar-refractivity contribution >= 4 is 12.0 Å². The van der Waals surface area contributed by atoms with Gasteiger partial charge < -0.3 is 10.1 Å². The molecule has 1 aliphatic heterocycles. The van der Waals surface area contributed by atoms with Gasteiger partial charge >= 0.3 is 0 Å². The molecule has 3 atom stereocenters. The fraction of sp³-hybridized carbons (Fsp3) is 0.367. The molecule has 3 heteroatoms. The molecule has 0 amide bonds. The first kappa shape index (κ1) is 23.3. The number of benzene rings is 3. The zero-order valence-corrected chi connectivity index (χ0v) is 20.1. The van der Waals surface area contributed by atoms with Crippen molar-refractivity contribution in [1.29, 1.82) is 0 Å². The fourth-order valence-electron chi connectivity index (χ4n) is 4.96. The first-order chi connectivity index (χ1) is 16.0. The first-order valence-electron chi connectivity index (χ1n) is 12.2. The van der Waals surface area contributed by atoms with Crippen LogP contribution in [0.25, 0.3) is 0 Å². The number of anilines is 1. The van der Waals surface area contributed by atoms with E-state index in [9.17, 15) is 4.79 Å². The second kappa shape index (κ2) is 10.4. The Kier molecular flexibility index (Phi) is 7.29. The standard InChI is InChI=1S/C30H36N2O/c1-30(2,3)25-19-17-24(18-20-25)29(31-26-14-8-5-9-15-26)28(22-33)32-21-11-10-16-27(32)23-12-6-4-7-13-23/h4-9,12-15,17-20,22,27-29,31H,10-11,16,21H2,1-3H3. The summed E-state index contributed by atoms with van der Waals surface area (Å²) in [6, 6.07) is 29.5. The molecular formula is C30H36N2O. The van der Waals surface area contributed by atoms with Gasteiger partial charge in [-0.1, -0.05) is 100.0 Å². The summed E-state index contributed by atoms with van der Waals surface area (Å²) < 4.78 is 0. The number of nitrogens with one attached hydrogen (secondary N) is 1. The van der Waals surface area contributed by atoms with Gasteiger partial charge in [-0.15, -0.1) is 0 Å². The van der Waals surface area contributed by atoms with Gasteiger partial charge in [0.2, 0.25) is 0 Å². The molecule has 0 saturated carbocycles. The number of para-hydroxylation sites is 1. The highest BCUT2D eigenvalue weighted by Crippen LogP contribution is 2.37. The molecule has 0 bridgehead atoms. The fourth-order valence-corrected chi connectivity index (χ4v) is 4.96. The van der Waals surface area contributed by atoms with Gasteiger partial charge in [0.1, 0.15) is 6.29 Å². The Balaban J connectivity index is 1.71. The Bertz CT molecular complexity index is 1010. The maximum atomic E-state index is 12.7. The molecule has 1 heterocycles. The molecule has 4 rings (SSSR count). The Morgan fingerprint density at radius 3 is 2.12 bits per heavy atom. The van der Waals surface area contributed by atoms with Crippen molar-refractivity contribution < 1.29 is 4.79 Å². The van der Waals surface area contributed by atoms with E-state index in [0.717, 1.165) is 36.9 Å². The first-order valence-corrected chi connectivity index (χ1v) is 12.2. The lowest BCUT2D eigenvalue weighted by Crippen LogP contribution is -2.47. The number of aldehydes is 1. The zero-order chi connectivity index (χ0) is 23.3. The van der Waals surface area contributed by atoms with Crippen LogP contribution in [-0.4, -0.2) is 23.8 Å². The third-order valence-electron chi connectivity index (χ3n) is 6.82. The molecule has 0 spiro atoms. The molecular weight excluding hydrogens is 404 g/mol. The number of rotatable bonds is 7. The van der Waals surface area contributed by atoms with Crippen molar-refractivity contribution in [2.75, 3.05) is 11.9 Å². The van der Waals surface area contributed by atoms with Crippen LogP contribution in [-0.2, 0) is 10.2 Å². The summed E-state index contributed by atoms with van der Waals surface area (Å²) in [4.78, 5) is 15.2. The van der Waals surface area contributed by atoms with Crippen LogP contribution < -0.4 is 5.32 Å². The maximum absolute atomic E-state index is 12.7. The number of carbonyl (C=O) groups excluding carboxylic acids is 1. The lowest BCUT2D eigenvalue weighted by Gasteiger charge is -2.43. The summed E-state index contributed by atoms with van der Waals surface area (Å²) in [6.07, 6.45) is 4.54. The average molecular weight is 441 g/mol. The molecule has 3 nitrogen and oxygen atoms in total. The van der Waals surface area contributed by atoms with Crippen molar-refractivity contribution in [2.45, 2.75) is 63.6 Å². The summed E-state index contributed by atoms with van der Waals surface area (Å²) in [6.45, 7) is 7.62. The van der Waals surface area contributed by atoms with Gasteiger partial charge in [0.25, 0.3) is 0 Å². The summed E-state index contributed by atoms with van der Waals surface area (Å²) >= 11 is 0. The molecule has 3 aromatic carbocycles. The van der Waals surface area contributed by atoms with Crippen molar-refractivity contribution in [1.82, 2.24) is 4.90 Å². The molecule has 1 saturated heterocycles. The van der Waals surface area contributed by atoms with Gasteiger partial charge in [-0.25, -0.2) is 0 Å². The van der Waals surface area contributed by atoms with E-state index >= 15 is 0 Å². The highest BCUT2D eigenvalue weighted by molar-refractivity contribution is 5.63. The van der Waals surface area contributed by atoms with E-state index in [1.165, 1.54) is 17.5 Å². The van der Waals surface area contributed by atoms with Gasteiger partial charge in [0.15, 0.2) is 0 Å². The van der Waals surface area contributed by atoms with Crippen molar-refractivity contribution in [2.24, 2.45) is 0 Å². The van der Waals surface area contributed by atoms with Crippen LogP contribution in [0.2, 0.25) is 0 Å². The molecule has 0 radical (unpaired) electrons. The summed E-state index contributed by atoms with van der Waals surface area (Å²) in [5.74, 6) is 0. The van der Waals surface area contributed by atoms with E-state index in [-0.39, 0.29) is 23.5 Å². The molecule has 1 N–H and O–H groups in total. The van der Waals surface area contributed by atoms with E-state index in [1.807, 2.05) is 18.2 Å². The normalized spacial score (nSPS) is 18.9. The third kappa shape index (κ3) is 5.54. The van der Waals surface area contributed by atoms with Crippen LogP contribution in [0.1, 0.15) is 68.8 Å². The highest BCUT2D eigenvalue weighted by atomic mass is 16.1. The number of hydrogen-bond donors (Lipinski definition) is 1. The molecule has 3 unspecified atom stereocenters. The lowest BCUT2D eigenvalue weighted by atomic mass is 9.85. The monoisotopic (exact) mass is 440 g/mol. The van der Waals surface area contributed by atoms with E-state index in [0.29, 0.717) is 0 Å². The van der Waals surface area contributed by atoms with Crippen LogP contribution in [0, 0.1) is 0 Å². The van der Waals surface area contributed by atoms with Crippen molar-refractivity contribution in [3.8, 4) is 0 Å². The Morgan fingerprint density at radius 1 is 0.879 bits per heavy atom. The second-order valence-corrected chi connectivity index (χ2v) is 10.1. The van der Waals surface area contributed by atoms with Gasteiger partial charge in [-0.2, -0.15) is 0 Å². The molecule has 0 aliphatic carbocycles. The molecule has 33 heavy (non-hydrogen) atoms. The summed E-state index contributed by atoms with van der Waals surface area (Å²) in [7, 11) is 0. The zero-order valence-electron chi connectivity index (χ0n) is 20.1. The predicted molar refractivity (Wildman–Crippen MR) is 138 cm³/mol. The molecule has 3 aromatic rings. The van der Waals surface area contributed by atoms with Crippen molar-refractivity contribution in [3.63, 3.8) is 0 Å². The van der Waals surface area contributed by atoms with E-state index in [1.54, 1.807) is 0 Å². The molecule has 172 valence electrons. The number of nitrogens with zero attached hydrogens (tertiary/aromatic N) is 1. The summed E-state index contributed by atoms with van der Waals surface area (Å²) in [5.41, 5.74) is 4.86. The minimum absolute atomic E-state index is 0.0935. The van der Waals surface area contributed by atoms with Gasteiger partial charge in [0.05, 0.1) is 12.1 Å². The lowest BCUT2D eigenvalue weighted by molar-refractivity contribution is -0.114. The average Bonchev–Trinajstić information content (AvgIpc) is 2.85. The van der Waals surface area contributed by atoms with Crippen molar-refractivity contribution in [3.05, 3.63) is 102 Å².